The molecule has 0 unspecified atom stereocenters. The minimum Gasteiger partial charge on any atom is -0.375 e. The minimum atomic E-state index is -0.174. The summed E-state index contributed by atoms with van der Waals surface area (Å²) in [6.07, 6.45) is 4.61. The number of halogens is 1. The van der Waals surface area contributed by atoms with E-state index in [1.54, 1.807) is 12.1 Å². The number of hydrogen-bond acceptors (Lipinski definition) is 2. The lowest BCUT2D eigenvalue weighted by atomic mass is 10.2. The van der Waals surface area contributed by atoms with Crippen LogP contribution >= 0.6 is 0 Å². The average molecular weight is 224 g/mol. The maximum Gasteiger partial charge on any atom is 0.125 e. The van der Waals surface area contributed by atoms with Gasteiger partial charge < -0.3 is 10.6 Å². The number of unbranched alkanes of at least 4 members (excludes halogenated alkanes) is 3. The molecule has 0 aliphatic rings. The van der Waals surface area contributed by atoms with E-state index in [4.69, 9.17) is 5.73 Å². The van der Waals surface area contributed by atoms with Crippen LogP contribution in [0.5, 0.6) is 0 Å². The highest BCUT2D eigenvalue weighted by molar-refractivity contribution is 5.45. The average Bonchev–Trinajstić information content (AvgIpc) is 2.28. The fourth-order valence-corrected chi connectivity index (χ4v) is 1.69. The van der Waals surface area contributed by atoms with Gasteiger partial charge in [-0.2, -0.15) is 0 Å². The normalized spacial score (nSPS) is 10.4. The highest BCUT2D eigenvalue weighted by Crippen LogP contribution is 2.14. The molecule has 2 nitrogen and oxygen atoms in total. The van der Waals surface area contributed by atoms with E-state index in [1.807, 2.05) is 13.1 Å². The van der Waals surface area contributed by atoms with Crippen LogP contribution in [0.2, 0.25) is 0 Å². The summed E-state index contributed by atoms with van der Waals surface area (Å²) in [7, 11) is 2.00. The molecule has 0 aliphatic carbocycles. The first kappa shape index (κ1) is 13.0. The van der Waals surface area contributed by atoms with Gasteiger partial charge >= 0.3 is 0 Å². The number of rotatable bonds is 7. The summed E-state index contributed by atoms with van der Waals surface area (Å²) in [6.45, 7) is 1.74. The van der Waals surface area contributed by atoms with Gasteiger partial charge in [0.15, 0.2) is 0 Å². The first-order valence-corrected chi connectivity index (χ1v) is 5.91. The third kappa shape index (κ3) is 4.62. The molecule has 0 bridgehead atoms. The van der Waals surface area contributed by atoms with Crippen molar-refractivity contribution in [1.82, 2.24) is 0 Å². The first-order valence-electron chi connectivity index (χ1n) is 5.91. The number of anilines is 1. The number of nitrogens with zero attached hydrogens (tertiary/aromatic N) is 1. The Kier molecular flexibility index (Phi) is 5.86. The predicted octanol–water partition coefficient (Wildman–Crippen LogP) is 2.78. The smallest absolute Gasteiger partial charge is 0.125 e. The summed E-state index contributed by atoms with van der Waals surface area (Å²) in [6, 6.07) is 6.72. The molecule has 0 saturated carbocycles. The summed E-state index contributed by atoms with van der Waals surface area (Å²) in [5.41, 5.74) is 6.37. The van der Waals surface area contributed by atoms with Gasteiger partial charge in [0.05, 0.1) is 0 Å². The molecule has 1 aromatic carbocycles. The molecule has 0 amide bonds. The van der Waals surface area contributed by atoms with Crippen LogP contribution in [0.4, 0.5) is 10.1 Å². The van der Waals surface area contributed by atoms with Crippen LogP contribution in [0, 0.1) is 5.82 Å². The molecule has 0 atom stereocenters. The Labute approximate surface area is 97.3 Å². The monoisotopic (exact) mass is 224 g/mol. The Morgan fingerprint density at radius 2 is 1.94 bits per heavy atom. The zero-order chi connectivity index (χ0) is 11.8. The van der Waals surface area contributed by atoms with E-state index >= 15 is 0 Å². The molecule has 0 spiro atoms. The van der Waals surface area contributed by atoms with Crippen LogP contribution in [0.1, 0.15) is 25.7 Å². The molecule has 1 aromatic rings. The molecular weight excluding hydrogens is 203 g/mol. The molecule has 1 rings (SSSR count). The number of nitrogens with two attached hydrogens (primary N) is 1. The van der Waals surface area contributed by atoms with Crippen LogP contribution in [0.15, 0.2) is 24.3 Å². The van der Waals surface area contributed by atoms with Crippen molar-refractivity contribution in [1.29, 1.82) is 0 Å². The topological polar surface area (TPSA) is 29.3 Å². The molecule has 0 radical (unpaired) electrons. The Hall–Kier alpha value is -1.09. The molecule has 0 fully saturated rings. The van der Waals surface area contributed by atoms with E-state index in [-0.39, 0.29) is 5.82 Å². The van der Waals surface area contributed by atoms with Gasteiger partial charge in [-0.3, -0.25) is 0 Å². The van der Waals surface area contributed by atoms with E-state index < -0.39 is 0 Å². The third-order valence-electron chi connectivity index (χ3n) is 2.70. The van der Waals surface area contributed by atoms with Crippen molar-refractivity contribution in [2.75, 3.05) is 25.0 Å². The molecule has 0 aromatic heterocycles. The van der Waals surface area contributed by atoms with Gasteiger partial charge in [0, 0.05) is 19.3 Å². The fourth-order valence-electron chi connectivity index (χ4n) is 1.69. The van der Waals surface area contributed by atoms with E-state index in [9.17, 15) is 4.39 Å². The van der Waals surface area contributed by atoms with Crippen molar-refractivity contribution < 1.29 is 4.39 Å². The van der Waals surface area contributed by atoms with Gasteiger partial charge in [-0.05, 0) is 37.6 Å². The highest BCUT2D eigenvalue weighted by atomic mass is 19.1. The SMILES string of the molecule is CN(CCCCCCN)c1cccc(F)c1. The Morgan fingerprint density at radius 1 is 1.19 bits per heavy atom. The fraction of sp³-hybridized carbons (Fsp3) is 0.538. The summed E-state index contributed by atoms with van der Waals surface area (Å²) in [5.74, 6) is -0.174. The zero-order valence-corrected chi connectivity index (χ0v) is 9.95. The lowest BCUT2D eigenvalue weighted by Gasteiger charge is -2.19. The molecule has 90 valence electrons. The molecular formula is C13H21FN2. The van der Waals surface area contributed by atoms with Gasteiger partial charge in [-0.1, -0.05) is 18.9 Å². The van der Waals surface area contributed by atoms with Crippen molar-refractivity contribution >= 4 is 5.69 Å². The predicted molar refractivity (Wildman–Crippen MR) is 67.2 cm³/mol. The Morgan fingerprint density at radius 3 is 2.62 bits per heavy atom. The second-order valence-electron chi connectivity index (χ2n) is 4.10. The minimum absolute atomic E-state index is 0.174. The Balaban J connectivity index is 2.27. The number of hydrogen-bond donors (Lipinski definition) is 1. The highest BCUT2D eigenvalue weighted by Gasteiger charge is 2.01. The van der Waals surface area contributed by atoms with Crippen molar-refractivity contribution in [3.05, 3.63) is 30.1 Å². The van der Waals surface area contributed by atoms with E-state index in [2.05, 4.69) is 4.90 Å². The van der Waals surface area contributed by atoms with E-state index in [0.717, 1.165) is 31.6 Å². The van der Waals surface area contributed by atoms with Gasteiger partial charge in [0.25, 0.3) is 0 Å². The molecule has 16 heavy (non-hydrogen) atoms. The van der Waals surface area contributed by atoms with Crippen LogP contribution < -0.4 is 10.6 Å². The van der Waals surface area contributed by atoms with Gasteiger partial charge in [-0.25, -0.2) is 4.39 Å². The third-order valence-corrected chi connectivity index (χ3v) is 2.70. The van der Waals surface area contributed by atoms with Crippen molar-refractivity contribution in [3.63, 3.8) is 0 Å². The largest absolute Gasteiger partial charge is 0.375 e. The summed E-state index contributed by atoms with van der Waals surface area (Å²) in [5, 5.41) is 0. The van der Waals surface area contributed by atoms with Crippen molar-refractivity contribution in [2.24, 2.45) is 5.73 Å². The summed E-state index contributed by atoms with van der Waals surface area (Å²) >= 11 is 0. The van der Waals surface area contributed by atoms with Gasteiger partial charge in [0.1, 0.15) is 5.82 Å². The quantitative estimate of drug-likeness (QED) is 0.722. The van der Waals surface area contributed by atoms with E-state index in [1.165, 1.54) is 18.9 Å². The molecule has 0 saturated heterocycles. The van der Waals surface area contributed by atoms with Crippen molar-refractivity contribution in [3.8, 4) is 0 Å². The van der Waals surface area contributed by atoms with Crippen LogP contribution in [-0.2, 0) is 0 Å². The van der Waals surface area contributed by atoms with E-state index in [0.29, 0.717) is 0 Å². The standard InChI is InChI=1S/C13H21FN2/c1-16(10-5-3-2-4-9-15)13-8-6-7-12(14)11-13/h6-8,11H,2-5,9-10,15H2,1H3. The molecule has 0 heterocycles. The van der Waals surface area contributed by atoms with Gasteiger partial charge in [0.2, 0.25) is 0 Å². The first-order chi connectivity index (χ1) is 7.74. The maximum absolute atomic E-state index is 13.0. The lowest BCUT2D eigenvalue weighted by molar-refractivity contribution is 0.624. The van der Waals surface area contributed by atoms with Gasteiger partial charge in [-0.15, -0.1) is 0 Å². The second kappa shape index (κ2) is 7.23. The molecule has 0 aliphatic heterocycles. The summed E-state index contributed by atoms with van der Waals surface area (Å²) < 4.78 is 13.0. The van der Waals surface area contributed by atoms with Crippen LogP contribution in [-0.4, -0.2) is 20.1 Å². The second-order valence-corrected chi connectivity index (χ2v) is 4.10. The summed E-state index contributed by atoms with van der Waals surface area (Å²) in [4.78, 5) is 2.09. The zero-order valence-electron chi connectivity index (χ0n) is 9.95. The van der Waals surface area contributed by atoms with Crippen LogP contribution in [0.3, 0.4) is 0 Å². The van der Waals surface area contributed by atoms with Crippen molar-refractivity contribution in [2.45, 2.75) is 25.7 Å². The lowest BCUT2D eigenvalue weighted by Crippen LogP contribution is -2.18. The Bertz CT molecular complexity index is 302. The molecule has 3 heteroatoms. The number of benzene rings is 1. The molecule has 2 N–H and O–H groups in total. The maximum atomic E-state index is 13.0. The van der Waals surface area contributed by atoms with Crippen LogP contribution in [0.25, 0.3) is 0 Å².